The first-order valence-electron chi connectivity index (χ1n) is 13.0. The number of nitrogens with zero attached hydrogens (tertiary/aromatic N) is 2. The Kier molecular flexibility index (Phi) is 8.79. The van der Waals surface area contributed by atoms with Crippen LogP contribution in [0.5, 0.6) is 0 Å². The minimum atomic E-state index is -1.07. The number of esters is 1. The molecule has 3 saturated heterocycles. The normalized spacial score (nSPS) is 31.3. The van der Waals surface area contributed by atoms with Gasteiger partial charge in [-0.25, -0.2) is 0 Å². The Hall–Kier alpha value is -1.93. The number of amides is 2. The number of unbranched alkanes of at least 4 members (excludes halogenated alkanes) is 2. The summed E-state index contributed by atoms with van der Waals surface area (Å²) < 4.78 is 11.8. The van der Waals surface area contributed by atoms with Gasteiger partial charge in [0.2, 0.25) is 11.8 Å². The maximum absolute atomic E-state index is 14.2. The van der Waals surface area contributed by atoms with Crippen molar-refractivity contribution in [3.8, 4) is 0 Å². The van der Waals surface area contributed by atoms with Crippen molar-refractivity contribution in [2.45, 2.75) is 90.0 Å². The van der Waals surface area contributed by atoms with E-state index in [2.05, 4.69) is 13.5 Å². The van der Waals surface area contributed by atoms with E-state index in [4.69, 9.17) is 9.47 Å². The van der Waals surface area contributed by atoms with Crippen LogP contribution in [-0.4, -0.2) is 82.8 Å². The Morgan fingerprint density at radius 3 is 2.68 bits per heavy atom. The fraction of sp³-hybridized carbons (Fsp3) is 0.808. The molecule has 3 aliphatic rings. The summed E-state index contributed by atoms with van der Waals surface area (Å²) in [6.45, 7) is 12.6. The molecule has 2 bridgehead atoms. The third-order valence-electron chi connectivity index (χ3n) is 8.07. The Morgan fingerprint density at radius 2 is 2.09 bits per heavy atom. The van der Waals surface area contributed by atoms with Gasteiger partial charge in [-0.15, -0.1) is 6.58 Å². The van der Waals surface area contributed by atoms with Gasteiger partial charge in [-0.05, 0) is 32.1 Å². The van der Waals surface area contributed by atoms with Crippen molar-refractivity contribution in [1.82, 2.24) is 9.80 Å². The lowest BCUT2D eigenvalue weighted by Gasteiger charge is -2.41. The SMILES string of the molecule is C=CCN(CCCCC)C(=O)C1N([C@@H](CO)[C@@H](C)CC)C(=O)[C@@H]2[C@@H](C(=O)OCC)[C@H]3CCC12O3. The lowest BCUT2D eigenvalue weighted by molar-refractivity contribution is -0.157. The molecule has 0 aliphatic carbocycles. The number of carbonyl (C=O) groups excluding carboxylic acids is 3. The highest BCUT2D eigenvalue weighted by Gasteiger charge is 2.75. The number of hydrogen-bond acceptors (Lipinski definition) is 6. The van der Waals surface area contributed by atoms with E-state index in [9.17, 15) is 19.5 Å². The summed E-state index contributed by atoms with van der Waals surface area (Å²) in [7, 11) is 0. The number of rotatable bonds is 13. The van der Waals surface area contributed by atoms with Crippen molar-refractivity contribution in [1.29, 1.82) is 0 Å². The lowest BCUT2D eigenvalue weighted by Crippen LogP contribution is -2.59. The van der Waals surface area contributed by atoms with E-state index in [-0.39, 0.29) is 30.9 Å². The number of likely N-dealkylation sites (tertiary alicyclic amines) is 1. The van der Waals surface area contributed by atoms with E-state index in [1.807, 2.05) is 13.8 Å². The number of carbonyl (C=O) groups is 3. The largest absolute Gasteiger partial charge is 0.466 e. The molecule has 3 aliphatic heterocycles. The van der Waals surface area contributed by atoms with E-state index in [0.29, 0.717) is 25.9 Å². The van der Waals surface area contributed by atoms with Crippen LogP contribution in [0.3, 0.4) is 0 Å². The molecule has 8 heteroatoms. The molecule has 1 N–H and O–H groups in total. The molecule has 2 unspecified atom stereocenters. The van der Waals surface area contributed by atoms with E-state index >= 15 is 0 Å². The molecule has 0 aromatic rings. The van der Waals surface area contributed by atoms with Gasteiger partial charge in [-0.3, -0.25) is 14.4 Å². The van der Waals surface area contributed by atoms with Crippen molar-refractivity contribution in [3.63, 3.8) is 0 Å². The molecule has 3 heterocycles. The average Bonchev–Trinajstić information content (AvgIpc) is 3.46. The Bertz CT molecular complexity index is 772. The zero-order chi connectivity index (χ0) is 25.0. The third-order valence-corrected chi connectivity index (χ3v) is 8.07. The Labute approximate surface area is 203 Å². The predicted octanol–water partition coefficient (Wildman–Crippen LogP) is 2.54. The highest BCUT2D eigenvalue weighted by Crippen LogP contribution is 2.59. The third kappa shape index (κ3) is 4.39. The fourth-order valence-electron chi connectivity index (χ4n) is 6.22. The quantitative estimate of drug-likeness (QED) is 0.248. The van der Waals surface area contributed by atoms with E-state index in [0.717, 1.165) is 25.7 Å². The molecular weight excluding hydrogens is 436 g/mol. The maximum atomic E-state index is 14.2. The number of fused-ring (bicyclic) bond motifs is 1. The topological polar surface area (TPSA) is 96.4 Å². The first-order chi connectivity index (χ1) is 16.3. The van der Waals surface area contributed by atoms with Gasteiger partial charge in [-0.1, -0.05) is 46.1 Å². The minimum absolute atomic E-state index is 0.0225. The van der Waals surface area contributed by atoms with Crippen molar-refractivity contribution < 1.29 is 29.0 Å². The van der Waals surface area contributed by atoms with Gasteiger partial charge in [0.25, 0.3) is 0 Å². The van der Waals surface area contributed by atoms with Crippen LogP contribution in [0.4, 0.5) is 0 Å². The highest BCUT2D eigenvalue weighted by molar-refractivity contribution is 5.98. The van der Waals surface area contributed by atoms with E-state index in [1.54, 1.807) is 22.8 Å². The highest BCUT2D eigenvalue weighted by atomic mass is 16.6. The van der Waals surface area contributed by atoms with Crippen molar-refractivity contribution in [2.24, 2.45) is 17.8 Å². The van der Waals surface area contributed by atoms with Crippen LogP contribution < -0.4 is 0 Å². The molecule has 2 amide bonds. The molecule has 3 fully saturated rings. The molecule has 192 valence electrons. The monoisotopic (exact) mass is 478 g/mol. The molecule has 0 radical (unpaired) electrons. The van der Waals surface area contributed by atoms with Crippen LogP contribution in [0, 0.1) is 17.8 Å². The molecule has 0 aromatic heterocycles. The Balaban J connectivity index is 2.06. The second-order valence-corrected chi connectivity index (χ2v) is 9.97. The van der Waals surface area contributed by atoms with E-state index in [1.165, 1.54) is 0 Å². The van der Waals surface area contributed by atoms with Crippen molar-refractivity contribution >= 4 is 17.8 Å². The second-order valence-electron chi connectivity index (χ2n) is 9.97. The van der Waals surface area contributed by atoms with Crippen molar-refractivity contribution in [3.05, 3.63) is 12.7 Å². The van der Waals surface area contributed by atoms with Gasteiger partial charge in [0.05, 0.1) is 37.2 Å². The average molecular weight is 479 g/mol. The van der Waals surface area contributed by atoms with Gasteiger partial charge >= 0.3 is 5.97 Å². The van der Waals surface area contributed by atoms with Crippen LogP contribution in [0.2, 0.25) is 0 Å². The fourth-order valence-corrected chi connectivity index (χ4v) is 6.22. The molecule has 8 nitrogen and oxygen atoms in total. The van der Waals surface area contributed by atoms with Crippen LogP contribution in [0.1, 0.15) is 66.2 Å². The van der Waals surface area contributed by atoms with Crippen LogP contribution in [-0.2, 0) is 23.9 Å². The first kappa shape index (κ1) is 26.7. The molecule has 0 saturated carbocycles. The van der Waals surface area contributed by atoms with Crippen LogP contribution in [0.25, 0.3) is 0 Å². The van der Waals surface area contributed by atoms with E-state index < -0.39 is 41.6 Å². The van der Waals surface area contributed by atoms with Gasteiger partial charge < -0.3 is 24.4 Å². The number of aliphatic hydroxyl groups excluding tert-OH is 1. The maximum Gasteiger partial charge on any atom is 0.312 e. The molecule has 0 aromatic carbocycles. The standard InChI is InChI=1S/C26H42N2O6/c1-6-10-11-15-27(14-7-2)24(31)22-26-13-12-19(34-26)20(25(32)33-9-4)21(26)23(30)28(22)18(16-29)17(5)8-3/h7,17-22,29H,2,6,8-16H2,1,3-5H3/t17-,18-,19+,20-,21-,22?,26?/m0/s1. The minimum Gasteiger partial charge on any atom is -0.466 e. The molecule has 3 rings (SSSR count). The number of ether oxygens (including phenoxy) is 2. The second kappa shape index (κ2) is 11.2. The summed E-state index contributed by atoms with van der Waals surface area (Å²) in [6, 6.07) is -1.40. The van der Waals surface area contributed by atoms with Crippen LogP contribution in [0.15, 0.2) is 12.7 Å². The lowest BCUT2D eigenvalue weighted by atomic mass is 9.70. The summed E-state index contributed by atoms with van der Waals surface area (Å²) in [5.74, 6) is -2.39. The summed E-state index contributed by atoms with van der Waals surface area (Å²) in [4.78, 5) is 44.4. The summed E-state index contributed by atoms with van der Waals surface area (Å²) in [5.41, 5.74) is -1.07. The smallest absolute Gasteiger partial charge is 0.312 e. The van der Waals surface area contributed by atoms with Gasteiger partial charge in [-0.2, -0.15) is 0 Å². The summed E-state index contributed by atoms with van der Waals surface area (Å²) >= 11 is 0. The number of aliphatic hydroxyl groups is 1. The zero-order valence-corrected chi connectivity index (χ0v) is 21.2. The number of hydrogen-bond donors (Lipinski definition) is 1. The van der Waals surface area contributed by atoms with Crippen molar-refractivity contribution in [2.75, 3.05) is 26.3 Å². The molecule has 1 spiro atoms. The van der Waals surface area contributed by atoms with Gasteiger partial charge in [0.15, 0.2) is 0 Å². The Morgan fingerprint density at radius 1 is 1.35 bits per heavy atom. The first-order valence-corrected chi connectivity index (χ1v) is 13.0. The van der Waals surface area contributed by atoms with Crippen LogP contribution >= 0.6 is 0 Å². The predicted molar refractivity (Wildman–Crippen MR) is 128 cm³/mol. The molecule has 7 atom stereocenters. The van der Waals surface area contributed by atoms with Gasteiger partial charge in [0.1, 0.15) is 11.6 Å². The van der Waals surface area contributed by atoms with Gasteiger partial charge in [0, 0.05) is 13.1 Å². The molecular formula is C26H42N2O6. The molecule has 34 heavy (non-hydrogen) atoms. The zero-order valence-electron chi connectivity index (χ0n) is 21.2. The summed E-state index contributed by atoms with van der Waals surface area (Å²) in [6.07, 6.45) is 6.05. The summed E-state index contributed by atoms with van der Waals surface area (Å²) in [5, 5.41) is 10.3.